The van der Waals surface area contributed by atoms with E-state index in [2.05, 4.69) is 26.2 Å². The van der Waals surface area contributed by atoms with Crippen molar-refractivity contribution >= 4 is 27.8 Å². The van der Waals surface area contributed by atoms with Crippen LogP contribution in [-0.2, 0) is 4.74 Å². The molecule has 1 saturated heterocycles. The molecule has 0 unspecified atom stereocenters. The van der Waals surface area contributed by atoms with Crippen molar-refractivity contribution in [1.29, 1.82) is 0 Å². The van der Waals surface area contributed by atoms with Crippen LogP contribution >= 0.6 is 15.9 Å². The summed E-state index contributed by atoms with van der Waals surface area (Å²) in [5.41, 5.74) is 0.505. The number of halogens is 1. The Morgan fingerprint density at radius 2 is 2.22 bits per heavy atom. The van der Waals surface area contributed by atoms with Gasteiger partial charge in [-0.3, -0.25) is 0 Å². The summed E-state index contributed by atoms with van der Waals surface area (Å²) in [7, 11) is 0. The zero-order valence-corrected chi connectivity index (χ0v) is 15.6. The molecule has 0 spiro atoms. The summed E-state index contributed by atoms with van der Waals surface area (Å²) in [6.07, 6.45) is 0.226. The van der Waals surface area contributed by atoms with Crippen LogP contribution in [0.2, 0.25) is 0 Å². The number of pyridine rings is 1. The van der Waals surface area contributed by atoms with Crippen LogP contribution in [0.5, 0.6) is 0 Å². The van der Waals surface area contributed by atoms with Crippen molar-refractivity contribution < 1.29 is 14.6 Å². The molecule has 1 aromatic heterocycles. The lowest BCUT2D eigenvalue weighted by Gasteiger charge is -2.25. The van der Waals surface area contributed by atoms with Crippen molar-refractivity contribution in [3.8, 4) is 0 Å². The van der Waals surface area contributed by atoms with Gasteiger partial charge in [-0.15, -0.1) is 0 Å². The standard InChI is InChI=1S/C16H24BrN3O3/c1-10-5-6-13(17)19-14(10)20-8-11(7-12(20)9-21)18-15(22)23-16(2,3)4/h5-6,11-12,21H,7-9H2,1-4H3,(H,18,22)/t11-,12-/m0/s1. The van der Waals surface area contributed by atoms with Gasteiger partial charge in [0.15, 0.2) is 0 Å². The fourth-order valence-corrected chi connectivity index (χ4v) is 3.01. The highest BCUT2D eigenvalue weighted by Gasteiger charge is 2.34. The lowest BCUT2D eigenvalue weighted by molar-refractivity contribution is 0.0507. The fraction of sp³-hybridized carbons (Fsp3) is 0.625. The SMILES string of the molecule is Cc1ccc(Br)nc1N1C[C@@H](NC(=O)OC(C)(C)C)C[C@H]1CO. The summed E-state index contributed by atoms with van der Waals surface area (Å²) in [5, 5.41) is 12.6. The van der Waals surface area contributed by atoms with Crippen LogP contribution in [0.15, 0.2) is 16.7 Å². The van der Waals surface area contributed by atoms with Crippen LogP contribution in [0.1, 0.15) is 32.8 Å². The maximum Gasteiger partial charge on any atom is 0.407 e. The van der Waals surface area contributed by atoms with Crippen LogP contribution in [0, 0.1) is 6.92 Å². The molecule has 1 aliphatic rings. The number of ether oxygens (including phenoxy) is 1. The predicted molar refractivity (Wildman–Crippen MR) is 92.7 cm³/mol. The molecular weight excluding hydrogens is 362 g/mol. The van der Waals surface area contributed by atoms with E-state index in [1.165, 1.54) is 0 Å². The Hall–Kier alpha value is -1.34. The van der Waals surface area contributed by atoms with Gasteiger partial charge in [0.05, 0.1) is 18.7 Å². The third kappa shape index (κ3) is 4.81. The first-order chi connectivity index (χ1) is 10.7. The van der Waals surface area contributed by atoms with Gasteiger partial charge in [-0.05, 0) is 61.7 Å². The Balaban J connectivity index is 2.08. The van der Waals surface area contributed by atoms with Gasteiger partial charge in [0.25, 0.3) is 0 Å². The molecular formula is C16H24BrN3O3. The fourth-order valence-electron chi connectivity index (χ4n) is 2.71. The van der Waals surface area contributed by atoms with Crippen molar-refractivity contribution in [3.63, 3.8) is 0 Å². The van der Waals surface area contributed by atoms with E-state index in [-0.39, 0.29) is 18.7 Å². The van der Waals surface area contributed by atoms with Gasteiger partial charge in [0.2, 0.25) is 0 Å². The second-order valence-corrected chi connectivity index (χ2v) is 7.65. The Morgan fingerprint density at radius 1 is 1.52 bits per heavy atom. The number of anilines is 1. The lowest BCUT2D eigenvalue weighted by Crippen LogP contribution is -2.40. The zero-order valence-electron chi connectivity index (χ0n) is 14.0. The third-order valence-corrected chi connectivity index (χ3v) is 4.10. The predicted octanol–water partition coefficient (Wildman–Crippen LogP) is 2.62. The largest absolute Gasteiger partial charge is 0.444 e. The van der Waals surface area contributed by atoms with Gasteiger partial charge in [-0.1, -0.05) is 6.07 Å². The first kappa shape index (κ1) is 18.0. The minimum absolute atomic E-state index is 0.0140. The number of carbonyl (C=O) groups is 1. The van der Waals surface area contributed by atoms with E-state index in [4.69, 9.17) is 4.74 Å². The van der Waals surface area contributed by atoms with Crippen LogP contribution < -0.4 is 10.2 Å². The normalized spacial score (nSPS) is 21.4. The summed E-state index contributed by atoms with van der Waals surface area (Å²) < 4.78 is 6.05. The van der Waals surface area contributed by atoms with E-state index in [0.29, 0.717) is 13.0 Å². The number of aliphatic hydroxyl groups excluding tert-OH is 1. The minimum Gasteiger partial charge on any atom is -0.444 e. The molecule has 0 aliphatic carbocycles. The highest BCUT2D eigenvalue weighted by atomic mass is 79.9. The number of aromatic nitrogens is 1. The Morgan fingerprint density at radius 3 is 2.83 bits per heavy atom. The highest BCUT2D eigenvalue weighted by molar-refractivity contribution is 9.10. The van der Waals surface area contributed by atoms with Crippen molar-refractivity contribution in [2.75, 3.05) is 18.1 Å². The molecule has 1 aliphatic heterocycles. The van der Waals surface area contributed by atoms with Gasteiger partial charge in [0.1, 0.15) is 16.0 Å². The molecule has 1 aromatic rings. The molecule has 2 atom stereocenters. The number of carbonyl (C=O) groups excluding carboxylic acids is 1. The molecule has 7 heteroatoms. The Bertz CT molecular complexity index is 574. The van der Waals surface area contributed by atoms with Crippen molar-refractivity contribution in [2.24, 2.45) is 0 Å². The van der Waals surface area contributed by atoms with Crippen LogP contribution in [0.25, 0.3) is 0 Å². The number of aliphatic hydroxyl groups is 1. The van der Waals surface area contributed by atoms with E-state index < -0.39 is 11.7 Å². The monoisotopic (exact) mass is 385 g/mol. The maximum atomic E-state index is 11.9. The van der Waals surface area contributed by atoms with E-state index in [0.717, 1.165) is 16.0 Å². The number of nitrogens with one attached hydrogen (secondary N) is 1. The number of hydrogen-bond donors (Lipinski definition) is 2. The molecule has 1 amide bonds. The van der Waals surface area contributed by atoms with Crippen molar-refractivity contribution in [2.45, 2.75) is 51.8 Å². The summed E-state index contributed by atoms with van der Waals surface area (Å²) >= 11 is 3.38. The van der Waals surface area contributed by atoms with Crippen LogP contribution in [0.4, 0.5) is 10.6 Å². The number of nitrogens with zero attached hydrogens (tertiary/aromatic N) is 2. The van der Waals surface area contributed by atoms with E-state index in [1.54, 1.807) is 0 Å². The van der Waals surface area contributed by atoms with Gasteiger partial charge in [-0.25, -0.2) is 9.78 Å². The highest BCUT2D eigenvalue weighted by Crippen LogP contribution is 2.28. The molecule has 2 N–H and O–H groups in total. The van der Waals surface area contributed by atoms with Crippen molar-refractivity contribution in [1.82, 2.24) is 10.3 Å². The summed E-state index contributed by atoms with van der Waals surface area (Å²) in [5.74, 6) is 0.826. The number of amides is 1. The zero-order chi connectivity index (χ0) is 17.2. The van der Waals surface area contributed by atoms with E-state index >= 15 is 0 Å². The number of rotatable bonds is 3. The quantitative estimate of drug-likeness (QED) is 0.782. The molecule has 6 nitrogen and oxygen atoms in total. The van der Waals surface area contributed by atoms with Crippen LogP contribution in [-0.4, -0.2) is 47.0 Å². The number of alkyl carbamates (subject to hydrolysis) is 1. The minimum atomic E-state index is -0.527. The smallest absolute Gasteiger partial charge is 0.407 e. The molecule has 2 rings (SSSR count). The average molecular weight is 386 g/mol. The maximum absolute atomic E-state index is 11.9. The molecule has 1 fully saturated rings. The van der Waals surface area contributed by atoms with Gasteiger partial charge >= 0.3 is 6.09 Å². The number of aryl methyl sites for hydroxylation is 1. The Labute approximate surface area is 145 Å². The van der Waals surface area contributed by atoms with Gasteiger partial charge in [0, 0.05) is 6.54 Å². The van der Waals surface area contributed by atoms with Crippen LogP contribution in [0.3, 0.4) is 0 Å². The molecule has 0 aromatic carbocycles. The molecule has 23 heavy (non-hydrogen) atoms. The Kier molecular flexibility index (Phi) is 5.52. The first-order valence-electron chi connectivity index (χ1n) is 7.70. The van der Waals surface area contributed by atoms with Gasteiger partial charge in [-0.2, -0.15) is 0 Å². The molecule has 128 valence electrons. The third-order valence-electron chi connectivity index (χ3n) is 3.65. The van der Waals surface area contributed by atoms with E-state index in [9.17, 15) is 9.90 Å². The lowest BCUT2D eigenvalue weighted by atomic mass is 10.2. The summed E-state index contributed by atoms with van der Waals surface area (Å²) in [4.78, 5) is 18.5. The first-order valence-corrected chi connectivity index (χ1v) is 8.49. The van der Waals surface area contributed by atoms with Gasteiger partial charge < -0.3 is 20.1 Å². The second-order valence-electron chi connectivity index (χ2n) is 6.84. The van der Waals surface area contributed by atoms with E-state index in [1.807, 2.05) is 44.7 Å². The summed E-state index contributed by atoms with van der Waals surface area (Å²) in [6, 6.07) is 3.71. The molecule has 0 bridgehead atoms. The second kappa shape index (κ2) is 7.05. The molecule has 0 radical (unpaired) electrons. The average Bonchev–Trinajstić information content (AvgIpc) is 2.82. The number of hydrogen-bond acceptors (Lipinski definition) is 5. The molecule has 0 saturated carbocycles. The molecule has 2 heterocycles. The topological polar surface area (TPSA) is 74.7 Å². The summed E-state index contributed by atoms with van der Waals surface area (Å²) in [6.45, 7) is 8.09. The van der Waals surface area contributed by atoms with Crippen molar-refractivity contribution in [3.05, 3.63) is 22.3 Å².